The third kappa shape index (κ3) is 1.85. The molecule has 3 fully saturated rings. The number of fused-ring (bicyclic) bond motifs is 5. The first kappa shape index (κ1) is 14.7. The van der Waals surface area contributed by atoms with Gasteiger partial charge in [-0.25, -0.2) is 0 Å². The van der Waals surface area contributed by atoms with Crippen LogP contribution in [0.3, 0.4) is 0 Å². The van der Waals surface area contributed by atoms with Crippen LogP contribution < -0.4 is 4.90 Å². The average Bonchev–Trinajstić information content (AvgIpc) is 3.27. The highest BCUT2D eigenvalue weighted by Crippen LogP contribution is 2.57. The van der Waals surface area contributed by atoms with Crippen LogP contribution in [-0.2, 0) is 9.59 Å². The van der Waals surface area contributed by atoms with Gasteiger partial charge in [-0.2, -0.15) is 0 Å². The number of hydrogen-bond acceptors (Lipinski definition) is 2. The molecular formula is C20H20ClNO2. The largest absolute Gasteiger partial charge is 0.274 e. The maximum absolute atomic E-state index is 13.2. The van der Waals surface area contributed by atoms with E-state index in [1.165, 1.54) is 28.9 Å². The maximum Gasteiger partial charge on any atom is 0.238 e. The minimum atomic E-state index is -0.127. The fourth-order valence-corrected chi connectivity index (χ4v) is 5.86. The van der Waals surface area contributed by atoms with E-state index >= 15 is 0 Å². The predicted octanol–water partition coefficient (Wildman–Crippen LogP) is 4.36. The van der Waals surface area contributed by atoms with Crippen molar-refractivity contribution in [3.8, 4) is 0 Å². The average molecular weight is 342 g/mol. The van der Waals surface area contributed by atoms with Crippen LogP contribution in [0.2, 0.25) is 5.02 Å². The van der Waals surface area contributed by atoms with Gasteiger partial charge < -0.3 is 0 Å². The van der Waals surface area contributed by atoms with Crippen LogP contribution in [0, 0.1) is 23.7 Å². The van der Waals surface area contributed by atoms with Gasteiger partial charge in [0.05, 0.1) is 17.5 Å². The number of benzene rings is 1. The number of allylic oxidation sites excluding steroid dienone is 2. The molecule has 0 spiro atoms. The molecule has 3 aliphatic carbocycles. The molecule has 124 valence electrons. The summed E-state index contributed by atoms with van der Waals surface area (Å²) in [5, 5.41) is 0.619. The molecule has 1 aliphatic heterocycles. The van der Waals surface area contributed by atoms with E-state index in [0.29, 0.717) is 22.5 Å². The zero-order valence-corrected chi connectivity index (χ0v) is 14.3. The third-order valence-corrected chi connectivity index (χ3v) is 6.83. The molecule has 3 nitrogen and oxygen atoms in total. The number of carbonyl (C=O) groups excluding carboxylic acids is 2. The van der Waals surface area contributed by atoms with Crippen molar-refractivity contribution in [2.45, 2.75) is 38.5 Å². The van der Waals surface area contributed by atoms with E-state index in [0.717, 1.165) is 25.7 Å². The molecule has 0 unspecified atom stereocenters. The molecule has 4 aliphatic rings. The molecule has 1 aromatic carbocycles. The molecule has 2 saturated carbocycles. The summed E-state index contributed by atoms with van der Waals surface area (Å²) >= 11 is 5.96. The number of rotatable bonds is 1. The Balaban J connectivity index is 1.60. The smallest absolute Gasteiger partial charge is 0.238 e. The summed E-state index contributed by atoms with van der Waals surface area (Å²) in [6.07, 6.45) is 6.76. The van der Waals surface area contributed by atoms with Gasteiger partial charge in [0.25, 0.3) is 0 Å². The first-order valence-corrected chi connectivity index (χ1v) is 9.40. The van der Waals surface area contributed by atoms with E-state index < -0.39 is 0 Å². The highest BCUT2D eigenvalue weighted by Gasteiger charge is 2.59. The number of carbonyl (C=O) groups is 2. The quantitative estimate of drug-likeness (QED) is 0.562. The van der Waals surface area contributed by atoms with E-state index in [9.17, 15) is 9.59 Å². The molecule has 4 heteroatoms. The summed E-state index contributed by atoms with van der Waals surface area (Å²) in [6.45, 7) is 0. The molecule has 5 rings (SSSR count). The fourth-order valence-electron chi connectivity index (χ4n) is 5.74. The van der Waals surface area contributed by atoms with Crippen molar-refractivity contribution in [1.29, 1.82) is 0 Å². The lowest BCUT2D eigenvalue weighted by Gasteiger charge is -2.34. The van der Waals surface area contributed by atoms with E-state index in [2.05, 4.69) is 0 Å². The van der Waals surface area contributed by atoms with Crippen LogP contribution in [-0.4, -0.2) is 11.8 Å². The van der Waals surface area contributed by atoms with Crippen LogP contribution in [0.25, 0.3) is 0 Å². The Morgan fingerprint density at radius 1 is 0.833 bits per heavy atom. The van der Waals surface area contributed by atoms with E-state index in [1.807, 2.05) is 0 Å². The molecule has 1 heterocycles. The molecule has 1 saturated heterocycles. The Bertz CT molecular complexity index is 724. The highest BCUT2D eigenvalue weighted by atomic mass is 35.5. The van der Waals surface area contributed by atoms with Crippen molar-refractivity contribution in [3.63, 3.8) is 0 Å². The molecule has 4 atom stereocenters. The highest BCUT2D eigenvalue weighted by molar-refractivity contribution is 6.30. The lowest BCUT2D eigenvalue weighted by molar-refractivity contribution is -0.122. The molecular weight excluding hydrogens is 322 g/mol. The SMILES string of the molecule is O=C1[C@@H]2[C@@H](C(=O)N1c1ccc(Cl)cc1)[C@H]1CCCC1=C1CCC[C@@H]12. The summed E-state index contributed by atoms with van der Waals surface area (Å²) in [5.41, 5.74) is 3.75. The molecule has 1 aromatic rings. The fraction of sp³-hybridized carbons (Fsp3) is 0.500. The summed E-state index contributed by atoms with van der Waals surface area (Å²) < 4.78 is 0. The number of anilines is 1. The van der Waals surface area contributed by atoms with E-state index in [-0.39, 0.29) is 23.7 Å². The topological polar surface area (TPSA) is 37.4 Å². The Morgan fingerprint density at radius 3 is 1.83 bits per heavy atom. The summed E-state index contributed by atoms with van der Waals surface area (Å²) in [4.78, 5) is 27.9. The van der Waals surface area contributed by atoms with E-state index in [4.69, 9.17) is 11.6 Å². The Kier molecular flexibility index (Phi) is 3.18. The minimum Gasteiger partial charge on any atom is -0.274 e. The van der Waals surface area contributed by atoms with Gasteiger partial charge in [-0.3, -0.25) is 14.5 Å². The molecule has 0 aromatic heterocycles. The normalized spacial score (nSPS) is 34.6. The van der Waals surface area contributed by atoms with Gasteiger partial charge in [0.1, 0.15) is 0 Å². The van der Waals surface area contributed by atoms with Crippen molar-refractivity contribution >= 4 is 29.1 Å². The van der Waals surface area contributed by atoms with Gasteiger partial charge in [-0.1, -0.05) is 22.7 Å². The lowest BCUT2D eigenvalue weighted by atomic mass is 9.66. The Hall–Kier alpha value is -1.61. The van der Waals surface area contributed by atoms with Crippen LogP contribution in [0.5, 0.6) is 0 Å². The van der Waals surface area contributed by atoms with Crippen LogP contribution in [0.15, 0.2) is 35.4 Å². The maximum atomic E-state index is 13.2. The second-order valence-electron chi connectivity index (χ2n) is 7.59. The molecule has 24 heavy (non-hydrogen) atoms. The van der Waals surface area contributed by atoms with Gasteiger partial charge in [-0.05, 0) is 74.6 Å². The molecule has 2 amide bonds. The Labute approximate surface area is 146 Å². The predicted molar refractivity (Wildman–Crippen MR) is 92.6 cm³/mol. The number of halogens is 1. The molecule has 0 bridgehead atoms. The minimum absolute atomic E-state index is 0.0164. The van der Waals surface area contributed by atoms with E-state index in [1.54, 1.807) is 24.3 Å². The standard InChI is InChI=1S/C20H20ClNO2/c21-11-7-9-12(10-8-11)22-19(23)17-15-5-1-3-13(15)14-4-2-6-16(14)18(17)20(22)24/h7-10,15-18H,1-6H2/t15-,16-,17-,18-/m0/s1. The van der Waals surface area contributed by atoms with Crippen molar-refractivity contribution in [3.05, 3.63) is 40.4 Å². The van der Waals surface area contributed by atoms with Crippen molar-refractivity contribution < 1.29 is 9.59 Å². The summed E-state index contributed by atoms with van der Waals surface area (Å²) in [5.74, 6) is 0.404. The third-order valence-electron chi connectivity index (χ3n) is 6.58. The number of amides is 2. The van der Waals surface area contributed by atoms with Crippen molar-refractivity contribution in [2.75, 3.05) is 4.90 Å². The van der Waals surface area contributed by atoms with Crippen molar-refractivity contribution in [2.24, 2.45) is 23.7 Å². The zero-order valence-electron chi connectivity index (χ0n) is 13.5. The van der Waals surface area contributed by atoms with Crippen molar-refractivity contribution in [1.82, 2.24) is 0 Å². The van der Waals surface area contributed by atoms with Crippen LogP contribution in [0.1, 0.15) is 38.5 Å². The van der Waals surface area contributed by atoms with Crippen LogP contribution in [0.4, 0.5) is 5.69 Å². The second kappa shape index (κ2) is 5.19. The zero-order chi connectivity index (χ0) is 16.4. The first-order chi connectivity index (χ1) is 11.7. The van der Waals surface area contributed by atoms with Gasteiger partial charge >= 0.3 is 0 Å². The van der Waals surface area contributed by atoms with Gasteiger partial charge in [0.2, 0.25) is 11.8 Å². The second-order valence-corrected chi connectivity index (χ2v) is 8.02. The Morgan fingerprint density at radius 2 is 1.33 bits per heavy atom. The molecule has 0 N–H and O–H groups in total. The summed E-state index contributed by atoms with van der Waals surface area (Å²) in [6, 6.07) is 7.07. The monoisotopic (exact) mass is 341 g/mol. The first-order valence-electron chi connectivity index (χ1n) is 9.02. The number of nitrogens with zero attached hydrogens (tertiary/aromatic N) is 1. The summed E-state index contributed by atoms with van der Waals surface area (Å²) in [7, 11) is 0. The number of hydrogen-bond donors (Lipinski definition) is 0. The lowest BCUT2D eigenvalue weighted by Crippen LogP contribution is -2.35. The molecule has 0 radical (unpaired) electrons. The van der Waals surface area contributed by atoms with Gasteiger partial charge in [0, 0.05) is 5.02 Å². The number of imide groups is 1. The van der Waals surface area contributed by atoms with Gasteiger partial charge in [-0.15, -0.1) is 0 Å². The van der Waals surface area contributed by atoms with Gasteiger partial charge in [0.15, 0.2) is 0 Å². The van der Waals surface area contributed by atoms with Crippen LogP contribution >= 0.6 is 11.6 Å².